The first-order valence-electron chi connectivity index (χ1n) is 7.42. The van der Waals surface area contributed by atoms with Crippen molar-refractivity contribution in [2.24, 2.45) is 0 Å². The fourth-order valence-electron chi connectivity index (χ4n) is 2.11. The third-order valence-electron chi connectivity index (χ3n) is 3.42. The summed E-state index contributed by atoms with van der Waals surface area (Å²) in [6.07, 6.45) is 0. The van der Waals surface area contributed by atoms with Crippen molar-refractivity contribution in [2.45, 2.75) is 17.6 Å². The highest BCUT2D eigenvalue weighted by Gasteiger charge is 2.20. The van der Waals surface area contributed by atoms with Crippen molar-refractivity contribution < 1.29 is 17.6 Å². The number of amides is 1. The minimum absolute atomic E-state index is 0.0944. The van der Waals surface area contributed by atoms with E-state index in [2.05, 4.69) is 15.5 Å². The molecule has 0 fully saturated rings. The Morgan fingerprint density at radius 3 is 2.40 bits per heavy atom. The van der Waals surface area contributed by atoms with E-state index in [9.17, 15) is 13.2 Å². The molecule has 25 heavy (non-hydrogen) atoms. The van der Waals surface area contributed by atoms with Crippen LogP contribution < -0.4 is 5.32 Å². The molecule has 1 amide bonds. The van der Waals surface area contributed by atoms with Crippen molar-refractivity contribution in [1.82, 2.24) is 10.2 Å². The summed E-state index contributed by atoms with van der Waals surface area (Å²) in [6.45, 7) is 1.92. The highest BCUT2D eigenvalue weighted by Crippen LogP contribution is 2.17. The van der Waals surface area contributed by atoms with Gasteiger partial charge in [-0.25, -0.2) is 8.42 Å². The number of aryl methyl sites for hydroxylation is 1. The zero-order valence-corrected chi connectivity index (χ0v) is 14.2. The van der Waals surface area contributed by atoms with Crippen LogP contribution in [0.3, 0.4) is 0 Å². The van der Waals surface area contributed by atoms with E-state index in [0.717, 1.165) is 5.56 Å². The maximum atomic E-state index is 12.3. The summed E-state index contributed by atoms with van der Waals surface area (Å²) < 4.78 is 29.8. The first kappa shape index (κ1) is 16.8. The molecule has 0 saturated carbocycles. The van der Waals surface area contributed by atoms with Crippen LogP contribution in [0.15, 0.2) is 63.9 Å². The number of anilines is 1. The van der Waals surface area contributed by atoms with Crippen molar-refractivity contribution in [3.05, 3.63) is 71.6 Å². The van der Waals surface area contributed by atoms with Gasteiger partial charge in [0.05, 0.1) is 4.90 Å². The first-order valence-corrected chi connectivity index (χ1v) is 9.07. The van der Waals surface area contributed by atoms with Crippen molar-refractivity contribution in [3.63, 3.8) is 0 Å². The van der Waals surface area contributed by atoms with E-state index in [1.807, 2.05) is 6.92 Å². The van der Waals surface area contributed by atoms with Crippen LogP contribution in [0.25, 0.3) is 0 Å². The first-order chi connectivity index (χ1) is 11.9. The van der Waals surface area contributed by atoms with E-state index >= 15 is 0 Å². The van der Waals surface area contributed by atoms with Crippen molar-refractivity contribution >= 4 is 21.8 Å². The van der Waals surface area contributed by atoms with Crippen LogP contribution in [-0.4, -0.2) is 24.5 Å². The van der Waals surface area contributed by atoms with Crippen LogP contribution in [0.5, 0.6) is 0 Å². The molecule has 128 valence electrons. The standard InChI is InChI=1S/C17H15N3O4S/c1-12-7-9-13(10-8-12)16(21)18-17-20-19-15(24-17)11-25(22,23)14-5-3-2-4-6-14/h2-10H,11H2,1H3,(H,18,20,21). The van der Waals surface area contributed by atoms with Crippen LogP contribution in [0.4, 0.5) is 6.01 Å². The highest BCUT2D eigenvalue weighted by atomic mass is 32.2. The lowest BCUT2D eigenvalue weighted by molar-refractivity contribution is 0.102. The summed E-state index contributed by atoms with van der Waals surface area (Å²) in [5, 5.41) is 9.79. The molecule has 7 nitrogen and oxygen atoms in total. The van der Waals surface area contributed by atoms with Crippen LogP contribution in [0.2, 0.25) is 0 Å². The number of sulfone groups is 1. The molecule has 1 aromatic heterocycles. The molecule has 0 aliphatic heterocycles. The molecule has 0 bridgehead atoms. The molecule has 3 rings (SSSR count). The monoisotopic (exact) mass is 357 g/mol. The van der Waals surface area contributed by atoms with Crippen molar-refractivity contribution in [1.29, 1.82) is 0 Å². The average molecular weight is 357 g/mol. The van der Waals surface area contributed by atoms with Gasteiger partial charge in [-0.15, -0.1) is 5.10 Å². The minimum Gasteiger partial charge on any atom is -0.407 e. The Morgan fingerprint density at radius 1 is 1.04 bits per heavy atom. The lowest BCUT2D eigenvalue weighted by Crippen LogP contribution is -2.12. The molecule has 0 spiro atoms. The maximum absolute atomic E-state index is 12.3. The number of benzene rings is 2. The van der Waals surface area contributed by atoms with E-state index in [-0.39, 0.29) is 16.8 Å². The predicted octanol–water partition coefficient (Wildman–Crippen LogP) is 2.60. The lowest BCUT2D eigenvalue weighted by Gasteiger charge is -2.01. The molecule has 8 heteroatoms. The Labute approximate surface area is 144 Å². The van der Waals surface area contributed by atoms with Crippen LogP contribution in [-0.2, 0) is 15.6 Å². The van der Waals surface area contributed by atoms with E-state index < -0.39 is 21.5 Å². The highest BCUT2D eigenvalue weighted by molar-refractivity contribution is 7.90. The molecule has 0 unspecified atom stereocenters. The average Bonchev–Trinajstić information content (AvgIpc) is 3.02. The third-order valence-corrected chi connectivity index (χ3v) is 5.03. The Bertz CT molecular complexity index is 980. The third kappa shape index (κ3) is 4.10. The number of rotatable bonds is 5. The van der Waals surface area contributed by atoms with Gasteiger partial charge in [0.2, 0.25) is 5.89 Å². The molecular formula is C17H15N3O4S. The largest absolute Gasteiger partial charge is 0.407 e. The molecule has 0 radical (unpaired) electrons. The number of carbonyl (C=O) groups excluding carboxylic acids is 1. The number of nitrogens with zero attached hydrogens (tertiary/aromatic N) is 2. The van der Waals surface area contributed by atoms with Gasteiger partial charge in [0.15, 0.2) is 9.84 Å². The van der Waals surface area contributed by atoms with Crippen LogP contribution in [0, 0.1) is 6.92 Å². The van der Waals surface area contributed by atoms with E-state index in [0.29, 0.717) is 5.56 Å². The van der Waals surface area contributed by atoms with Gasteiger partial charge in [-0.1, -0.05) is 41.0 Å². The summed E-state index contributed by atoms with van der Waals surface area (Å²) in [6, 6.07) is 14.8. The van der Waals surface area contributed by atoms with Crippen LogP contribution in [0.1, 0.15) is 21.8 Å². The lowest BCUT2D eigenvalue weighted by atomic mass is 10.1. The number of carbonyl (C=O) groups is 1. The normalized spacial score (nSPS) is 11.2. The van der Waals surface area contributed by atoms with Gasteiger partial charge in [-0.3, -0.25) is 10.1 Å². The molecule has 1 heterocycles. The molecule has 0 saturated heterocycles. The minimum atomic E-state index is -3.59. The second-order valence-electron chi connectivity index (χ2n) is 5.39. The SMILES string of the molecule is Cc1ccc(C(=O)Nc2nnc(CS(=O)(=O)c3ccccc3)o2)cc1. The van der Waals surface area contributed by atoms with E-state index in [1.165, 1.54) is 12.1 Å². The zero-order valence-electron chi connectivity index (χ0n) is 13.3. The van der Waals surface area contributed by atoms with Crippen molar-refractivity contribution in [2.75, 3.05) is 5.32 Å². The predicted molar refractivity (Wildman–Crippen MR) is 90.8 cm³/mol. The Balaban J connectivity index is 1.70. The van der Waals surface area contributed by atoms with Crippen LogP contribution >= 0.6 is 0 Å². The van der Waals surface area contributed by atoms with Gasteiger partial charge in [-0.05, 0) is 31.2 Å². The summed E-state index contributed by atoms with van der Waals surface area (Å²) in [5.41, 5.74) is 1.46. The molecule has 0 atom stereocenters. The number of hydrogen-bond acceptors (Lipinski definition) is 6. The van der Waals surface area contributed by atoms with Gasteiger partial charge in [-0.2, -0.15) is 0 Å². The fraction of sp³-hybridized carbons (Fsp3) is 0.118. The molecule has 0 aliphatic rings. The fourth-order valence-corrected chi connectivity index (χ4v) is 3.29. The van der Waals surface area contributed by atoms with Gasteiger partial charge in [0.1, 0.15) is 5.75 Å². The summed E-state index contributed by atoms with van der Waals surface area (Å²) in [7, 11) is -3.59. The quantitative estimate of drug-likeness (QED) is 0.753. The topological polar surface area (TPSA) is 102 Å². The molecular weight excluding hydrogens is 342 g/mol. The Hall–Kier alpha value is -3.00. The van der Waals surface area contributed by atoms with E-state index in [1.54, 1.807) is 42.5 Å². The summed E-state index contributed by atoms with van der Waals surface area (Å²) in [4.78, 5) is 12.2. The van der Waals surface area contributed by atoms with Gasteiger partial charge >= 0.3 is 6.01 Å². The summed E-state index contributed by atoms with van der Waals surface area (Å²) in [5.74, 6) is -0.950. The van der Waals surface area contributed by atoms with E-state index in [4.69, 9.17) is 4.42 Å². The molecule has 2 aromatic carbocycles. The van der Waals surface area contributed by atoms with Crippen molar-refractivity contribution in [3.8, 4) is 0 Å². The smallest absolute Gasteiger partial charge is 0.322 e. The van der Waals surface area contributed by atoms with Gasteiger partial charge in [0.25, 0.3) is 5.91 Å². The number of hydrogen-bond donors (Lipinski definition) is 1. The Kier molecular flexibility index (Phi) is 4.62. The Morgan fingerprint density at radius 2 is 1.72 bits per heavy atom. The second kappa shape index (κ2) is 6.86. The molecule has 0 aliphatic carbocycles. The summed E-state index contributed by atoms with van der Waals surface area (Å²) >= 11 is 0. The van der Waals surface area contributed by atoms with Gasteiger partial charge in [0, 0.05) is 5.56 Å². The van der Waals surface area contributed by atoms with Gasteiger partial charge < -0.3 is 4.42 Å². The maximum Gasteiger partial charge on any atom is 0.322 e. The zero-order chi connectivity index (χ0) is 17.9. The second-order valence-corrected chi connectivity index (χ2v) is 7.38. The number of nitrogens with one attached hydrogen (secondary N) is 1. The number of aromatic nitrogens is 2. The molecule has 3 aromatic rings. The molecule has 1 N–H and O–H groups in total.